The summed E-state index contributed by atoms with van der Waals surface area (Å²) in [4.78, 5) is 4.53. The third-order valence-electron chi connectivity index (χ3n) is 2.48. The molecule has 1 aromatic rings. The van der Waals surface area contributed by atoms with E-state index in [1.807, 2.05) is 7.05 Å². The van der Waals surface area contributed by atoms with Gasteiger partial charge in [-0.3, -0.25) is 4.68 Å². The van der Waals surface area contributed by atoms with Crippen molar-refractivity contribution in [3.63, 3.8) is 0 Å². The largest absolute Gasteiger partial charge is 0.321 e. The molecule has 0 aromatic carbocycles. The van der Waals surface area contributed by atoms with Gasteiger partial charge >= 0.3 is 0 Å². The molecule has 86 valence electrons. The smallest absolute Gasteiger partial charge is 0.156 e. The average Bonchev–Trinajstić information content (AvgIpc) is 2.45. The normalized spacial score (nSPS) is 14.7. The first-order valence-corrected chi connectivity index (χ1v) is 5.40. The summed E-state index contributed by atoms with van der Waals surface area (Å²) in [5, 5.41) is 4.41. The number of nitrogens with two attached hydrogens (primary N) is 1. The Bertz CT molecular complexity index is 333. The van der Waals surface area contributed by atoms with Gasteiger partial charge in [0.1, 0.15) is 5.82 Å². The highest BCUT2D eigenvalue weighted by Gasteiger charge is 2.24. The number of nitrogens with zero attached hydrogens (tertiary/aromatic N) is 3. The molecule has 0 saturated heterocycles. The predicted octanol–water partition coefficient (Wildman–Crippen LogP) is 1.77. The summed E-state index contributed by atoms with van der Waals surface area (Å²) in [5.74, 6) is 2.10. The SMILES string of the molecule is CC(C)C(N)c1nc(C(C)(C)C)nn1C. The highest BCUT2D eigenvalue weighted by Crippen LogP contribution is 2.22. The lowest BCUT2D eigenvalue weighted by Crippen LogP contribution is -2.21. The Hall–Kier alpha value is -0.900. The van der Waals surface area contributed by atoms with Crippen LogP contribution < -0.4 is 5.73 Å². The Morgan fingerprint density at radius 1 is 1.27 bits per heavy atom. The van der Waals surface area contributed by atoms with Gasteiger partial charge in [0.05, 0.1) is 6.04 Å². The van der Waals surface area contributed by atoms with Crippen molar-refractivity contribution in [2.45, 2.75) is 46.1 Å². The van der Waals surface area contributed by atoms with E-state index in [1.165, 1.54) is 0 Å². The number of hydrogen-bond acceptors (Lipinski definition) is 3. The van der Waals surface area contributed by atoms with Crippen LogP contribution >= 0.6 is 0 Å². The van der Waals surface area contributed by atoms with Crippen molar-refractivity contribution in [3.8, 4) is 0 Å². The molecule has 0 aliphatic carbocycles. The first-order valence-electron chi connectivity index (χ1n) is 5.40. The van der Waals surface area contributed by atoms with Gasteiger partial charge in [-0.05, 0) is 5.92 Å². The van der Waals surface area contributed by atoms with E-state index in [1.54, 1.807) is 4.68 Å². The average molecular weight is 210 g/mol. The molecule has 0 amide bonds. The molecule has 0 bridgehead atoms. The van der Waals surface area contributed by atoms with E-state index < -0.39 is 0 Å². The van der Waals surface area contributed by atoms with E-state index in [-0.39, 0.29) is 11.5 Å². The molecule has 0 fully saturated rings. The maximum atomic E-state index is 6.07. The maximum Gasteiger partial charge on any atom is 0.156 e. The van der Waals surface area contributed by atoms with Crippen molar-refractivity contribution in [3.05, 3.63) is 11.6 Å². The molecule has 1 aromatic heterocycles. The van der Waals surface area contributed by atoms with Gasteiger partial charge in [0, 0.05) is 12.5 Å². The molecular weight excluding hydrogens is 188 g/mol. The fourth-order valence-corrected chi connectivity index (χ4v) is 1.30. The molecule has 0 radical (unpaired) electrons. The first kappa shape index (κ1) is 12.2. The fourth-order valence-electron chi connectivity index (χ4n) is 1.30. The van der Waals surface area contributed by atoms with Crippen LogP contribution in [0.25, 0.3) is 0 Å². The zero-order chi connectivity index (χ0) is 11.8. The van der Waals surface area contributed by atoms with Crippen LogP contribution in [0.3, 0.4) is 0 Å². The lowest BCUT2D eigenvalue weighted by atomic mass is 9.96. The summed E-state index contributed by atoms with van der Waals surface area (Å²) >= 11 is 0. The lowest BCUT2D eigenvalue weighted by Gasteiger charge is -2.14. The van der Waals surface area contributed by atoms with E-state index in [2.05, 4.69) is 44.7 Å². The Balaban J connectivity index is 3.07. The molecule has 1 rings (SSSR count). The van der Waals surface area contributed by atoms with E-state index in [9.17, 15) is 0 Å². The van der Waals surface area contributed by atoms with E-state index in [0.29, 0.717) is 5.92 Å². The number of aromatic nitrogens is 3. The van der Waals surface area contributed by atoms with Gasteiger partial charge in [-0.2, -0.15) is 5.10 Å². The summed E-state index contributed by atoms with van der Waals surface area (Å²) < 4.78 is 1.80. The van der Waals surface area contributed by atoms with Gasteiger partial charge in [0.15, 0.2) is 5.82 Å². The molecule has 1 unspecified atom stereocenters. The van der Waals surface area contributed by atoms with Gasteiger partial charge in [-0.25, -0.2) is 4.98 Å². The maximum absolute atomic E-state index is 6.07. The van der Waals surface area contributed by atoms with Gasteiger partial charge < -0.3 is 5.73 Å². The summed E-state index contributed by atoms with van der Waals surface area (Å²) in [6.45, 7) is 10.5. The van der Waals surface area contributed by atoms with Crippen molar-refractivity contribution in [2.24, 2.45) is 18.7 Å². The van der Waals surface area contributed by atoms with Crippen LogP contribution in [-0.4, -0.2) is 14.8 Å². The highest BCUT2D eigenvalue weighted by molar-refractivity contribution is 5.06. The van der Waals surface area contributed by atoms with Crippen molar-refractivity contribution >= 4 is 0 Å². The molecule has 4 heteroatoms. The Labute approximate surface area is 91.9 Å². The number of hydrogen-bond donors (Lipinski definition) is 1. The summed E-state index contributed by atoms with van der Waals surface area (Å²) in [6, 6.07) is -0.0430. The monoisotopic (exact) mass is 210 g/mol. The minimum atomic E-state index is -0.0430. The quantitative estimate of drug-likeness (QED) is 0.809. The van der Waals surface area contributed by atoms with Crippen molar-refractivity contribution in [2.75, 3.05) is 0 Å². The molecule has 4 nitrogen and oxygen atoms in total. The van der Waals surface area contributed by atoms with Crippen LogP contribution in [0.2, 0.25) is 0 Å². The topological polar surface area (TPSA) is 56.7 Å². The van der Waals surface area contributed by atoms with Crippen LogP contribution in [-0.2, 0) is 12.5 Å². The molecule has 0 spiro atoms. The Kier molecular flexibility index (Phi) is 3.19. The second-order valence-electron chi connectivity index (χ2n) is 5.44. The van der Waals surface area contributed by atoms with Crippen LogP contribution in [0.1, 0.15) is 52.3 Å². The summed E-state index contributed by atoms with van der Waals surface area (Å²) in [5.41, 5.74) is 6.05. The molecule has 2 N–H and O–H groups in total. The second-order valence-corrected chi connectivity index (χ2v) is 5.44. The summed E-state index contributed by atoms with van der Waals surface area (Å²) in [6.07, 6.45) is 0. The Morgan fingerprint density at radius 3 is 2.13 bits per heavy atom. The fraction of sp³-hybridized carbons (Fsp3) is 0.818. The van der Waals surface area contributed by atoms with Crippen LogP contribution in [0.15, 0.2) is 0 Å². The summed E-state index contributed by atoms with van der Waals surface area (Å²) in [7, 11) is 1.90. The number of rotatable bonds is 2. The molecular formula is C11H22N4. The molecule has 1 heterocycles. The predicted molar refractivity (Wildman–Crippen MR) is 61.5 cm³/mol. The number of aryl methyl sites for hydroxylation is 1. The molecule has 0 saturated carbocycles. The van der Waals surface area contributed by atoms with E-state index in [4.69, 9.17) is 5.73 Å². The zero-order valence-electron chi connectivity index (χ0n) is 10.6. The molecule has 0 aliphatic rings. The first-order chi connectivity index (χ1) is 6.73. The van der Waals surface area contributed by atoms with Crippen molar-refractivity contribution in [1.82, 2.24) is 14.8 Å². The third kappa shape index (κ3) is 2.56. The molecule has 15 heavy (non-hydrogen) atoms. The Morgan fingerprint density at radius 2 is 1.80 bits per heavy atom. The standard InChI is InChI=1S/C11H22N4/c1-7(2)8(12)9-13-10(11(3,4)5)14-15(9)6/h7-8H,12H2,1-6H3. The van der Waals surface area contributed by atoms with Gasteiger partial charge in [0.2, 0.25) is 0 Å². The zero-order valence-corrected chi connectivity index (χ0v) is 10.6. The minimum Gasteiger partial charge on any atom is -0.321 e. The second kappa shape index (κ2) is 3.93. The van der Waals surface area contributed by atoms with Gasteiger partial charge in [-0.1, -0.05) is 34.6 Å². The van der Waals surface area contributed by atoms with Gasteiger partial charge in [-0.15, -0.1) is 0 Å². The van der Waals surface area contributed by atoms with Crippen LogP contribution in [0.4, 0.5) is 0 Å². The van der Waals surface area contributed by atoms with E-state index in [0.717, 1.165) is 11.6 Å². The van der Waals surface area contributed by atoms with E-state index >= 15 is 0 Å². The van der Waals surface area contributed by atoms with Crippen LogP contribution in [0, 0.1) is 5.92 Å². The highest BCUT2D eigenvalue weighted by atomic mass is 15.3. The van der Waals surface area contributed by atoms with Crippen molar-refractivity contribution < 1.29 is 0 Å². The molecule has 1 atom stereocenters. The molecule has 0 aliphatic heterocycles. The van der Waals surface area contributed by atoms with Crippen molar-refractivity contribution in [1.29, 1.82) is 0 Å². The lowest BCUT2D eigenvalue weighted by molar-refractivity contribution is 0.469. The van der Waals surface area contributed by atoms with Gasteiger partial charge in [0.25, 0.3) is 0 Å². The van der Waals surface area contributed by atoms with Crippen LogP contribution in [0.5, 0.6) is 0 Å². The minimum absolute atomic E-state index is 0.0211. The third-order valence-corrected chi connectivity index (χ3v) is 2.48.